The summed E-state index contributed by atoms with van der Waals surface area (Å²) in [7, 11) is 1.71. The number of ether oxygens (including phenoxy) is 1. The molecule has 2 aliphatic rings. The molecule has 0 saturated carbocycles. The normalized spacial score (nSPS) is 21.5. The Hall–Kier alpha value is -2.71. The van der Waals surface area contributed by atoms with Crippen molar-refractivity contribution in [2.45, 2.75) is 37.8 Å². The Morgan fingerprint density at radius 1 is 1.16 bits per heavy atom. The molecule has 0 aliphatic carbocycles. The lowest BCUT2D eigenvalue weighted by Gasteiger charge is -2.41. The van der Waals surface area contributed by atoms with E-state index in [-0.39, 0.29) is 19.1 Å². The maximum Gasteiger partial charge on any atom is 0.260 e. The number of piperidine rings is 1. The molecule has 4 rings (SSSR count). The number of hydrogen-bond acceptors (Lipinski definition) is 7. The number of aromatic nitrogens is 2. The van der Waals surface area contributed by atoms with Crippen molar-refractivity contribution in [3.05, 3.63) is 48.4 Å². The number of likely N-dealkylation sites (N-methyl/N-ethyl adjacent to an activating group) is 1. The molecule has 1 aromatic carbocycles. The number of amides is 1. The Labute approximate surface area is 189 Å². The standard InChI is InChI=1S/C24H33N5O3/c1-27(18-24(31)9-4-14-29(19-24)22-15-25-10-11-26-22)23(30)17-32-21-7-5-20(6-8-21)16-28-12-2-3-13-28/h5-8,10-11,15,31H,2-4,9,12-14,16-19H2,1H3/t24-/m1/s1. The Bertz CT molecular complexity index is 873. The quantitative estimate of drug-likeness (QED) is 0.673. The zero-order valence-corrected chi connectivity index (χ0v) is 18.8. The first kappa shape index (κ1) is 22.5. The maximum atomic E-state index is 12.6. The molecular weight excluding hydrogens is 406 g/mol. The van der Waals surface area contributed by atoms with Crippen LogP contribution in [0, 0.1) is 0 Å². The van der Waals surface area contributed by atoms with Crippen LogP contribution in [-0.2, 0) is 11.3 Å². The SMILES string of the molecule is CN(C[C@]1(O)CCCN(c2cnccn2)C1)C(=O)COc1ccc(CN2CCCC2)cc1. The van der Waals surface area contributed by atoms with Crippen molar-refractivity contribution < 1.29 is 14.6 Å². The highest BCUT2D eigenvalue weighted by atomic mass is 16.5. The minimum absolute atomic E-state index is 0.0497. The van der Waals surface area contributed by atoms with Crippen LogP contribution in [0.2, 0.25) is 0 Å². The van der Waals surface area contributed by atoms with Gasteiger partial charge in [-0.1, -0.05) is 12.1 Å². The van der Waals surface area contributed by atoms with E-state index in [1.54, 1.807) is 30.5 Å². The monoisotopic (exact) mass is 439 g/mol. The van der Waals surface area contributed by atoms with Crippen molar-refractivity contribution in [1.29, 1.82) is 0 Å². The third-order valence-corrected chi connectivity index (χ3v) is 6.28. The Morgan fingerprint density at radius 3 is 2.66 bits per heavy atom. The van der Waals surface area contributed by atoms with E-state index in [2.05, 4.69) is 27.0 Å². The first-order valence-corrected chi connectivity index (χ1v) is 11.4. The van der Waals surface area contributed by atoms with Crippen LogP contribution in [0.5, 0.6) is 5.75 Å². The second kappa shape index (κ2) is 10.3. The molecule has 172 valence electrons. The van der Waals surface area contributed by atoms with Crippen molar-refractivity contribution >= 4 is 11.7 Å². The Morgan fingerprint density at radius 2 is 1.94 bits per heavy atom. The Balaban J connectivity index is 1.25. The van der Waals surface area contributed by atoms with Crippen LogP contribution in [0.4, 0.5) is 5.82 Å². The van der Waals surface area contributed by atoms with Gasteiger partial charge in [0, 0.05) is 39.1 Å². The topological polar surface area (TPSA) is 82.0 Å². The van der Waals surface area contributed by atoms with Crippen LogP contribution in [-0.4, -0.2) is 82.8 Å². The number of anilines is 1. The smallest absolute Gasteiger partial charge is 0.260 e. The van der Waals surface area contributed by atoms with Gasteiger partial charge in [0.2, 0.25) is 0 Å². The van der Waals surface area contributed by atoms with Crippen LogP contribution in [0.15, 0.2) is 42.9 Å². The molecule has 32 heavy (non-hydrogen) atoms. The average Bonchev–Trinajstić information content (AvgIpc) is 3.32. The van der Waals surface area contributed by atoms with Crippen molar-refractivity contribution in [3.8, 4) is 5.75 Å². The summed E-state index contributed by atoms with van der Waals surface area (Å²) in [6, 6.07) is 7.97. The van der Waals surface area contributed by atoms with Crippen LogP contribution >= 0.6 is 0 Å². The summed E-state index contributed by atoms with van der Waals surface area (Å²) >= 11 is 0. The summed E-state index contributed by atoms with van der Waals surface area (Å²) in [4.78, 5) is 27.1. The van der Waals surface area contributed by atoms with E-state index in [1.165, 1.54) is 31.5 Å². The molecule has 0 radical (unpaired) electrons. The largest absolute Gasteiger partial charge is 0.484 e. The molecule has 8 nitrogen and oxygen atoms in total. The van der Waals surface area contributed by atoms with E-state index in [4.69, 9.17) is 4.74 Å². The molecule has 1 aromatic heterocycles. The number of carbonyl (C=O) groups excluding carboxylic acids is 1. The predicted octanol–water partition coefficient (Wildman–Crippen LogP) is 1.94. The number of benzene rings is 1. The van der Waals surface area contributed by atoms with E-state index in [0.717, 1.165) is 25.3 Å². The van der Waals surface area contributed by atoms with Crippen molar-refractivity contribution in [2.75, 3.05) is 51.3 Å². The van der Waals surface area contributed by atoms with Crippen LogP contribution in [0.1, 0.15) is 31.2 Å². The highest BCUT2D eigenvalue weighted by Gasteiger charge is 2.36. The number of β-amino-alcohol motifs (C(OH)–C–C–N with tert-alkyl or cyclic N) is 1. The minimum Gasteiger partial charge on any atom is -0.484 e. The average molecular weight is 440 g/mol. The van der Waals surface area contributed by atoms with E-state index in [9.17, 15) is 9.90 Å². The molecule has 1 N–H and O–H groups in total. The molecule has 8 heteroatoms. The highest BCUT2D eigenvalue weighted by molar-refractivity contribution is 5.77. The molecule has 1 amide bonds. The summed E-state index contributed by atoms with van der Waals surface area (Å²) in [5.74, 6) is 1.27. The van der Waals surface area contributed by atoms with Gasteiger partial charge in [-0.2, -0.15) is 0 Å². The van der Waals surface area contributed by atoms with Gasteiger partial charge >= 0.3 is 0 Å². The molecule has 2 fully saturated rings. The lowest BCUT2D eigenvalue weighted by molar-refractivity contribution is -0.135. The fourth-order valence-corrected chi connectivity index (χ4v) is 4.57. The first-order chi connectivity index (χ1) is 15.5. The number of rotatable bonds is 8. The summed E-state index contributed by atoms with van der Waals surface area (Å²) in [6.45, 7) is 4.74. The second-order valence-corrected chi connectivity index (χ2v) is 8.98. The molecule has 2 aliphatic heterocycles. The van der Waals surface area contributed by atoms with Gasteiger partial charge < -0.3 is 19.6 Å². The molecule has 2 aromatic rings. The summed E-state index contributed by atoms with van der Waals surface area (Å²) < 4.78 is 5.71. The van der Waals surface area contributed by atoms with Crippen molar-refractivity contribution in [1.82, 2.24) is 19.8 Å². The van der Waals surface area contributed by atoms with E-state index >= 15 is 0 Å². The lowest BCUT2D eigenvalue weighted by atomic mass is 9.92. The van der Waals surface area contributed by atoms with Gasteiger partial charge in [-0.05, 0) is 56.5 Å². The molecule has 3 heterocycles. The van der Waals surface area contributed by atoms with Crippen LogP contribution in [0.3, 0.4) is 0 Å². The zero-order chi connectivity index (χ0) is 22.4. The molecular formula is C24H33N5O3. The predicted molar refractivity (Wildman–Crippen MR) is 123 cm³/mol. The van der Waals surface area contributed by atoms with E-state index in [0.29, 0.717) is 18.7 Å². The summed E-state index contributed by atoms with van der Waals surface area (Å²) in [5, 5.41) is 11.1. The number of nitrogens with zero attached hydrogens (tertiary/aromatic N) is 5. The Kier molecular flexibility index (Phi) is 7.22. The number of aliphatic hydroxyl groups is 1. The molecule has 0 bridgehead atoms. The molecule has 2 saturated heterocycles. The van der Waals surface area contributed by atoms with Crippen LogP contribution < -0.4 is 9.64 Å². The third kappa shape index (κ3) is 5.95. The van der Waals surface area contributed by atoms with Gasteiger partial charge in [0.1, 0.15) is 11.6 Å². The number of likely N-dealkylation sites (tertiary alicyclic amines) is 1. The van der Waals surface area contributed by atoms with E-state index < -0.39 is 5.60 Å². The van der Waals surface area contributed by atoms with Crippen molar-refractivity contribution in [3.63, 3.8) is 0 Å². The molecule has 0 spiro atoms. The number of carbonyl (C=O) groups is 1. The van der Waals surface area contributed by atoms with Gasteiger partial charge in [-0.25, -0.2) is 4.98 Å². The minimum atomic E-state index is -0.989. The van der Waals surface area contributed by atoms with Gasteiger partial charge in [-0.15, -0.1) is 0 Å². The van der Waals surface area contributed by atoms with Crippen molar-refractivity contribution in [2.24, 2.45) is 0 Å². The van der Waals surface area contributed by atoms with Crippen LogP contribution in [0.25, 0.3) is 0 Å². The lowest BCUT2D eigenvalue weighted by Crippen LogP contribution is -2.55. The summed E-state index contributed by atoms with van der Waals surface area (Å²) in [6.07, 6.45) is 9.01. The maximum absolute atomic E-state index is 12.6. The highest BCUT2D eigenvalue weighted by Crippen LogP contribution is 2.25. The van der Waals surface area contributed by atoms with E-state index in [1.807, 2.05) is 17.0 Å². The third-order valence-electron chi connectivity index (χ3n) is 6.28. The number of hydrogen-bond donors (Lipinski definition) is 1. The van der Waals surface area contributed by atoms with Gasteiger partial charge in [0.05, 0.1) is 18.3 Å². The van der Waals surface area contributed by atoms with Gasteiger partial charge in [-0.3, -0.25) is 14.7 Å². The van der Waals surface area contributed by atoms with Gasteiger partial charge in [0.15, 0.2) is 6.61 Å². The second-order valence-electron chi connectivity index (χ2n) is 8.98. The van der Waals surface area contributed by atoms with Gasteiger partial charge in [0.25, 0.3) is 5.91 Å². The molecule has 1 atom stereocenters. The first-order valence-electron chi connectivity index (χ1n) is 11.4. The summed E-state index contributed by atoms with van der Waals surface area (Å²) in [5.41, 5.74) is 0.270. The molecule has 0 unspecified atom stereocenters. The fourth-order valence-electron chi connectivity index (χ4n) is 4.57. The fraction of sp³-hybridized carbons (Fsp3) is 0.542. The zero-order valence-electron chi connectivity index (χ0n) is 18.8.